The molecule has 0 N–H and O–H groups in total. The quantitative estimate of drug-likeness (QED) is 0.386. The van der Waals surface area contributed by atoms with Gasteiger partial charge >= 0.3 is 5.97 Å². The predicted octanol–water partition coefficient (Wildman–Crippen LogP) is 2.92. The van der Waals surface area contributed by atoms with E-state index in [1.54, 1.807) is 0 Å². The molecule has 0 aromatic rings. The van der Waals surface area contributed by atoms with E-state index in [2.05, 4.69) is 6.92 Å². The van der Waals surface area contributed by atoms with Crippen LogP contribution in [0.3, 0.4) is 0 Å². The molecule has 0 saturated carbocycles. The van der Waals surface area contributed by atoms with Gasteiger partial charge in [0.1, 0.15) is 0 Å². The van der Waals surface area contributed by atoms with Crippen LogP contribution < -0.4 is 0 Å². The van der Waals surface area contributed by atoms with E-state index in [0.717, 1.165) is 24.8 Å². The van der Waals surface area contributed by atoms with Crippen LogP contribution in [0.5, 0.6) is 0 Å². The van der Waals surface area contributed by atoms with Crippen molar-refractivity contribution >= 4 is 15.0 Å². The molecule has 0 aliphatic carbocycles. The zero-order valence-electron chi connectivity index (χ0n) is 9.02. The second kappa shape index (κ2) is 6.89. The standard InChI is InChI=1S/C10H19O2Si/c1-5-6-7-8-9(2)10(11)12-13(3)4/h8H,5-7H2,1-4H3/b9-8+. The fourth-order valence-electron chi connectivity index (χ4n) is 0.872. The summed E-state index contributed by atoms with van der Waals surface area (Å²) in [5, 5.41) is 0. The molecule has 0 aromatic carbocycles. The minimum Gasteiger partial charge on any atom is -0.515 e. The van der Waals surface area contributed by atoms with Crippen molar-refractivity contribution in [1.82, 2.24) is 0 Å². The highest BCUT2D eigenvalue weighted by atomic mass is 28.3. The van der Waals surface area contributed by atoms with Gasteiger partial charge in [0.05, 0.1) is 0 Å². The zero-order chi connectivity index (χ0) is 10.3. The molecule has 0 atom stereocenters. The van der Waals surface area contributed by atoms with E-state index in [0.29, 0.717) is 0 Å². The number of carbonyl (C=O) groups is 1. The van der Waals surface area contributed by atoms with Crippen LogP contribution >= 0.6 is 0 Å². The molecular formula is C10H19O2Si. The number of allylic oxidation sites excluding steroid dienone is 1. The Bertz CT molecular complexity index is 185. The molecule has 3 heteroatoms. The summed E-state index contributed by atoms with van der Waals surface area (Å²) in [7, 11) is -0.899. The Balaban J connectivity index is 3.86. The Morgan fingerprint density at radius 3 is 2.54 bits per heavy atom. The van der Waals surface area contributed by atoms with Crippen molar-refractivity contribution < 1.29 is 9.22 Å². The van der Waals surface area contributed by atoms with Crippen molar-refractivity contribution in [3.05, 3.63) is 11.6 Å². The molecule has 2 nitrogen and oxygen atoms in total. The van der Waals surface area contributed by atoms with Gasteiger partial charge < -0.3 is 4.43 Å². The van der Waals surface area contributed by atoms with E-state index in [9.17, 15) is 4.79 Å². The number of hydrogen-bond acceptors (Lipinski definition) is 2. The molecule has 0 rings (SSSR count). The Morgan fingerprint density at radius 2 is 2.08 bits per heavy atom. The third-order valence-corrected chi connectivity index (χ3v) is 2.22. The van der Waals surface area contributed by atoms with E-state index < -0.39 is 9.04 Å². The van der Waals surface area contributed by atoms with Crippen LogP contribution in [0.2, 0.25) is 13.1 Å². The van der Waals surface area contributed by atoms with Crippen molar-refractivity contribution in [3.8, 4) is 0 Å². The molecule has 0 aliphatic heterocycles. The van der Waals surface area contributed by atoms with Crippen LogP contribution in [-0.4, -0.2) is 15.0 Å². The molecule has 0 aliphatic rings. The van der Waals surface area contributed by atoms with Crippen LogP contribution in [0, 0.1) is 0 Å². The molecule has 0 aromatic heterocycles. The van der Waals surface area contributed by atoms with Gasteiger partial charge in [-0.05, 0) is 26.4 Å². The Morgan fingerprint density at radius 1 is 1.46 bits per heavy atom. The maximum atomic E-state index is 11.3. The Hall–Kier alpha value is -0.573. The SMILES string of the molecule is CCCC/C=C(\C)C(=O)O[Si](C)C. The molecule has 0 saturated heterocycles. The van der Waals surface area contributed by atoms with Crippen LogP contribution in [0.1, 0.15) is 33.1 Å². The normalized spacial score (nSPS) is 11.9. The molecule has 0 heterocycles. The molecule has 0 bridgehead atoms. The van der Waals surface area contributed by atoms with E-state index in [1.165, 1.54) is 0 Å². The number of rotatable bonds is 5. The van der Waals surface area contributed by atoms with Crippen molar-refractivity contribution in [3.63, 3.8) is 0 Å². The summed E-state index contributed by atoms with van der Waals surface area (Å²) in [6.45, 7) is 7.88. The van der Waals surface area contributed by atoms with Gasteiger partial charge in [-0.3, -0.25) is 0 Å². The fraction of sp³-hybridized carbons (Fsp3) is 0.700. The highest BCUT2D eigenvalue weighted by molar-refractivity contribution is 6.51. The van der Waals surface area contributed by atoms with Gasteiger partial charge in [-0.1, -0.05) is 25.8 Å². The molecule has 0 unspecified atom stereocenters. The minimum absolute atomic E-state index is 0.144. The molecule has 0 spiro atoms. The lowest BCUT2D eigenvalue weighted by Crippen LogP contribution is -2.15. The lowest BCUT2D eigenvalue weighted by atomic mass is 10.2. The molecule has 0 amide bonds. The Labute approximate surface area is 82.7 Å². The van der Waals surface area contributed by atoms with Gasteiger partial charge in [0.15, 0.2) is 0 Å². The van der Waals surface area contributed by atoms with Gasteiger partial charge in [-0.15, -0.1) is 0 Å². The summed E-state index contributed by atoms with van der Waals surface area (Å²) < 4.78 is 5.14. The first-order valence-corrected chi connectivity index (χ1v) is 7.17. The molecule has 0 fully saturated rings. The third kappa shape index (κ3) is 6.58. The topological polar surface area (TPSA) is 26.3 Å². The minimum atomic E-state index is -0.899. The second-order valence-corrected chi connectivity index (χ2v) is 5.35. The zero-order valence-corrected chi connectivity index (χ0v) is 10.0. The first-order valence-electron chi connectivity index (χ1n) is 4.77. The van der Waals surface area contributed by atoms with E-state index in [-0.39, 0.29) is 5.97 Å². The summed E-state index contributed by atoms with van der Waals surface area (Å²) >= 11 is 0. The van der Waals surface area contributed by atoms with Gasteiger partial charge in [-0.25, -0.2) is 4.79 Å². The average Bonchev–Trinajstić information content (AvgIpc) is 2.03. The second-order valence-electron chi connectivity index (χ2n) is 3.33. The largest absolute Gasteiger partial charge is 0.515 e. The number of carbonyl (C=O) groups excluding carboxylic acids is 1. The van der Waals surface area contributed by atoms with Crippen LogP contribution in [0.25, 0.3) is 0 Å². The maximum absolute atomic E-state index is 11.3. The summed E-state index contributed by atoms with van der Waals surface area (Å²) in [6, 6.07) is 0. The highest BCUT2D eigenvalue weighted by Gasteiger charge is 2.08. The van der Waals surface area contributed by atoms with Crippen molar-refractivity contribution in [1.29, 1.82) is 0 Å². The Kier molecular flexibility index (Phi) is 6.59. The summed E-state index contributed by atoms with van der Waals surface area (Å²) in [6.07, 6.45) is 5.25. The fourth-order valence-corrected chi connectivity index (χ4v) is 1.40. The monoisotopic (exact) mass is 199 g/mol. The predicted molar refractivity (Wildman–Crippen MR) is 56.9 cm³/mol. The van der Waals surface area contributed by atoms with Crippen LogP contribution in [0.4, 0.5) is 0 Å². The first kappa shape index (κ1) is 12.4. The number of unbranched alkanes of at least 4 members (excludes halogenated alkanes) is 2. The van der Waals surface area contributed by atoms with E-state index in [1.807, 2.05) is 26.1 Å². The van der Waals surface area contributed by atoms with Gasteiger partial charge in [0.25, 0.3) is 9.04 Å². The van der Waals surface area contributed by atoms with Gasteiger partial charge in [0.2, 0.25) is 0 Å². The highest BCUT2D eigenvalue weighted by Crippen LogP contribution is 2.03. The molecule has 75 valence electrons. The molecule has 1 radical (unpaired) electrons. The van der Waals surface area contributed by atoms with Crippen molar-refractivity contribution in [2.75, 3.05) is 0 Å². The molecule has 13 heavy (non-hydrogen) atoms. The average molecular weight is 199 g/mol. The first-order chi connectivity index (χ1) is 6.07. The smallest absolute Gasteiger partial charge is 0.320 e. The van der Waals surface area contributed by atoms with Crippen LogP contribution in [-0.2, 0) is 9.22 Å². The lowest BCUT2D eigenvalue weighted by molar-refractivity contribution is -0.130. The number of hydrogen-bond donors (Lipinski definition) is 0. The van der Waals surface area contributed by atoms with Gasteiger partial charge in [-0.2, -0.15) is 0 Å². The third-order valence-electron chi connectivity index (χ3n) is 1.63. The lowest BCUT2D eigenvalue weighted by Gasteiger charge is -2.06. The summed E-state index contributed by atoms with van der Waals surface area (Å²) in [5.41, 5.74) is 0.750. The van der Waals surface area contributed by atoms with Crippen molar-refractivity contribution in [2.24, 2.45) is 0 Å². The van der Waals surface area contributed by atoms with E-state index in [4.69, 9.17) is 4.43 Å². The van der Waals surface area contributed by atoms with Crippen molar-refractivity contribution in [2.45, 2.75) is 46.2 Å². The van der Waals surface area contributed by atoms with E-state index >= 15 is 0 Å². The summed E-state index contributed by atoms with van der Waals surface area (Å²) in [4.78, 5) is 11.3. The van der Waals surface area contributed by atoms with Crippen LogP contribution in [0.15, 0.2) is 11.6 Å². The maximum Gasteiger partial charge on any atom is 0.320 e. The molecular weight excluding hydrogens is 180 g/mol. The summed E-state index contributed by atoms with van der Waals surface area (Å²) in [5.74, 6) is -0.144. The van der Waals surface area contributed by atoms with Gasteiger partial charge in [0, 0.05) is 5.57 Å².